The van der Waals surface area contributed by atoms with Crippen LogP contribution in [0.15, 0.2) is 12.1 Å². The van der Waals surface area contributed by atoms with Gasteiger partial charge < -0.3 is 16.0 Å². The monoisotopic (exact) mass is 239 g/mol. The molecule has 0 aromatic heterocycles. The fourth-order valence-electron chi connectivity index (χ4n) is 1.88. The minimum absolute atomic E-state index is 0.0404. The topological polar surface area (TPSA) is 58.4 Å². The zero-order chi connectivity index (χ0) is 11.7. The Balaban J connectivity index is 2.32. The van der Waals surface area contributed by atoms with E-state index >= 15 is 0 Å². The molecule has 0 atom stereocenters. The molecule has 1 heterocycles. The third-order valence-electron chi connectivity index (χ3n) is 2.69. The molecule has 1 aliphatic rings. The van der Waals surface area contributed by atoms with Crippen LogP contribution in [0.4, 0.5) is 11.4 Å². The average Bonchev–Trinajstić information content (AvgIpc) is 2.23. The van der Waals surface area contributed by atoms with Gasteiger partial charge >= 0.3 is 0 Å². The van der Waals surface area contributed by atoms with Gasteiger partial charge in [-0.05, 0) is 24.6 Å². The van der Waals surface area contributed by atoms with Gasteiger partial charge in [-0.3, -0.25) is 4.79 Å². The quantitative estimate of drug-likeness (QED) is 0.724. The molecule has 86 valence electrons. The van der Waals surface area contributed by atoms with Gasteiger partial charge in [0, 0.05) is 18.8 Å². The number of hydrogen-bond acceptors (Lipinski definition) is 3. The van der Waals surface area contributed by atoms with Crippen LogP contribution in [0.25, 0.3) is 0 Å². The van der Waals surface area contributed by atoms with E-state index in [1.54, 1.807) is 0 Å². The van der Waals surface area contributed by atoms with Gasteiger partial charge in [0.1, 0.15) is 0 Å². The summed E-state index contributed by atoms with van der Waals surface area (Å²) >= 11 is 5.99. The lowest BCUT2D eigenvalue weighted by Gasteiger charge is -2.30. The van der Waals surface area contributed by atoms with E-state index in [1.807, 2.05) is 24.0 Å². The van der Waals surface area contributed by atoms with E-state index in [4.69, 9.17) is 17.3 Å². The van der Waals surface area contributed by atoms with Gasteiger partial charge in [-0.15, -0.1) is 0 Å². The first-order valence-electron chi connectivity index (χ1n) is 5.15. The molecule has 0 bridgehead atoms. The lowest BCUT2D eigenvalue weighted by Crippen LogP contribution is -2.47. The number of nitrogens with one attached hydrogen (secondary N) is 1. The average molecular weight is 240 g/mol. The summed E-state index contributed by atoms with van der Waals surface area (Å²) < 4.78 is 0. The Morgan fingerprint density at radius 3 is 2.94 bits per heavy atom. The molecule has 3 N–H and O–H groups in total. The highest BCUT2D eigenvalue weighted by atomic mass is 35.5. The predicted molar refractivity (Wildman–Crippen MR) is 65.8 cm³/mol. The number of aryl methyl sites for hydroxylation is 1. The lowest BCUT2D eigenvalue weighted by molar-refractivity contribution is -0.120. The number of nitrogens with zero attached hydrogens (tertiary/aromatic N) is 1. The molecule has 0 unspecified atom stereocenters. The molecular formula is C11H14ClN3O. The Morgan fingerprint density at radius 2 is 2.25 bits per heavy atom. The Hall–Kier alpha value is -1.42. The molecule has 1 saturated heterocycles. The largest absolute Gasteiger partial charge is 0.398 e. The SMILES string of the molecule is Cc1cc(N)c(Cl)cc1N1CCNC(=O)C1. The van der Waals surface area contributed by atoms with E-state index in [0.29, 0.717) is 23.8 Å². The van der Waals surface area contributed by atoms with E-state index < -0.39 is 0 Å². The van der Waals surface area contributed by atoms with Crippen molar-refractivity contribution >= 4 is 28.9 Å². The van der Waals surface area contributed by atoms with E-state index in [9.17, 15) is 4.79 Å². The third kappa shape index (κ3) is 2.07. The van der Waals surface area contributed by atoms with E-state index in [-0.39, 0.29) is 5.91 Å². The minimum atomic E-state index is 0.0404. The number of rotatable bonds is 1. The second-order valence-corrected chi connectivity index (χ2v) is 4.34. The summed E-state index contributed by atoms with van der Waals surface area (Å²) in [4.78, 5) is 13.3. The fourth-order valence-corrected chi connectivity index (χ4v) is 2.04. The van der Waals surface area contributed by atoms with Crippen LogP contribution in [0.1, 0.15) is 5.56 Å². The van der Waals surface area contributed by atoms with Crippen molar-refractivity contribution in [3.8, 4) is 0 Å². The maximum Gasteiger partial charge on any atom is 0.239 e. The summed E-state index contributed by atoms with van der Waals surface area (Å²) in [6.45, 7) is 3.81. The molecule has 1 amide bonds. The first-order valence-corrected chi connectivity index (χ1v) is 5.53. The molecule has 1 fully saturated rings. The summed E-state index contributed by atoms with van der Waals surface area (Å²) in [5, 5.41) is 3.32. The first-order chi connectivity index (χ1) is 7.58. The van der Waals surface area contributed by atoms with Crippen LogP contribution >= 0.6 is 11.6 Å². The first kappa shape index (κ1) is 11.1. The molecule has 0 spiro atoms. The zero-order valence-corrected chi connectivity index (χ0v) is 9.84. The number of piperazine rings is 1. The van der Waals surface area contributed by atoms with Crippen molar-refractivity contribution in [2.45, 2.75) is 6.92 Å². The highest BCUT2D eigenvalue weighted by molar-refractivity contribution is 6.33. The highest BCUT2D eigenvalue weighted by Gasteiger charge is 2.18. The number of halogens is 1. The Bertz CT molecular complexity index is 433. The number of nitrogens with two attached hydrogens (primary N) is 1. The zero-order valence-electron chi connectivity index (χ0n) is 9.09. The van der Waals surface area contributed by atoms with Gasteiger partial charge in [0.15, 0.2) is 0 Å². The van der Waals surface area contributed by atoms with E-state index in [1.165, 1.54) is 0 Å². The predicted octanol–water partition coefficient (Wildman–Crippen LogP) is 1.17. The molecule has 0 saturated carbocycles. The maximum absolute atomic E-state index is 11.3. The molecule has 0 radical (unpaired) electrons. The Morgan fingerprint density at radius 1 is 1.50 bits per heavy atom. The van der Waals surface area contributed by atoms with Crippen molar-refractivity contribution in [3.05, 3.63) is 22.7 Å². The maximum atomic E-state index is 11.3. The van der Waals surface area contributed by atoms with Gasteiger partial charge in [-0.2, -0.15) is 0 Å². The van der Waals surface area contributed by atoms with Crippen LogP contribution in [0.5, 0.6) is 0 Å². The van der Waals surface area contributed by atoms with Gasteiger partial charge in [0.05, 0.1) is 17.3 Å². The van der Waals surface area contributed by atoms with Crippen molar-refractivity contribution < 1.29 is 4.79 Å². The van der Waals surface area contributed by atoms with Crippen LogP contribution in [0.3, 0.4) is 0 Å². The van der Waals surface area contributed by atoms with Crippen molar-refractivity contribution in [2.75, 3.05) is 30.3 Å². The Labute approximate surface area is 99.4 Å². The van der Waals surface area contributed by atoms with Crippen molar-refractivity contribution in [1.82, 2.24) is 5.32 Å². The number of hydrogen-bond donors (Lipinski definition) is 2. The molecule has 1 aromatic rings. The van der Waals surface area contributed by atoms with Crippen molar-refractivity contribution in [1.29, 1.82) is 0 Å². The van der Waals surface area contributed by atoms with Crippen molar-refractivity contribution in [3.63, 3.8) is 0 Å². The molecule has 1 aromatic carbocycles. The standard InChI is InChI=1S/C11H14ClN3O/c1-7-4-9(13)8(12)5-10(7)15-3-2-14-11(16)6-15/h4-5H,2-3,6,13H2,1H3,(H,14,16). The molecular weight excluding hydrogens is 226 g/mol. The molecule has 16 heavy (non-hydrogen) atoms. The van der Waals surface area contributed by atoms with Crippen LogP contribution in [0, 0.1) is 6.92 Å². The van der Waals surface area contributed by atoms with Crippen LogP contribution in [0.2, 0.25) is 5.02 Å². The van der Waals surface area contributed by atoms with Gasteiger partial charge in [-0.1, -0.05) is 11.6 Å². The third-order valence-corrected chi connectivity index (χ3v) is 3.02. The van der Waals surface area contributed by atoms with Crippen LogP contribution in [-0.2, 0) is 4.79 Å². The Kier molecular flexibility index (Phi) is 2.92. The molecule has 1 aliphatic heterocycles. The fraction of sp³-hybridized carbons (Fsp3) is 0.364. The highest BCUT2D eigenvalue weighted by Crippen LogP contribution is 2.29. The lowest BCUT2D eigenvalue weighted by atomic mass is 10.1. The van der Waals surface area contributed by atoms with Gasteiger partial charge in [0.2, 0.25) is 5.91 Å². The number of carbonyl (C=O) groups is 1. The molecule has 4 nitrogen and oxygen atoms in total. The summed E-state index contributed by atoms with van der Waals surface area (Å²) in [5.74, 6) is 0.0404. The summed E-state index contributed by atoms with van der Waals surface area (Å²) in [7, 11) is 0. The number of carbonyl (C=O) groups excluding carboxylic acids is 1. The number of benzene rings is 1. The smallest absolute Gasteiger partial charge is 0.239 e. The van der Waals surface area contributed by atoms with Crippen LogP contribution in [-0.4, -0.2) is 25.5 Å². The second-order valence-electron chi connectivity index (χ2n) is 3.93. The molecule has 5 heteroatoms. The number of anilines is 2. The molecule has 2 rings (SSSR count). The summed E-state index contributed by atoms with van der Waals surface area (Å²) in [6.07, 6.45) is 0. The molecule has 0 aliphatic carbocycles. The second kappa shape index (κ2) is 4.22. The van der Waals surface area contributed by atoms with Gasteiger partial charge in [0.25, 0.3) is 0 Å². The minimum Gasteiger partial charge on any atom is -0.398 e. The van der Waals surface area contributed by atoms with E-state index in [0.717, 1.165) is 17.8 Å². The summed E-state index contributed by atoms with van der Waals surface area (Å²) in [5.41, 5.74) is 8.31. The van der Waals surface area contributed by atoms with E-state index in [2.05, 4.69) is 5.32 Å². The normalized spacial score (nSPS) is 16.1. The number of nitrogen functional groups attached to an aromatic ring is 1. The van der Waals surface area contributed by atoms with Crippen LogP contribution < -0.4 is 16.0 Å². The van der Waals surface area contributed by atoms with Crippen molar-refractivity contribution in [2.24, 2.45) is 0 Å². The summed E-state index contributed by atoms with van der Waals surface area (Å²) in [6, 6.07) is 3.66. The number of amides is 1. The van der Waals surface area contributed by atoms with Gasteiger partial charge in [-0.25, -0.2) is 0 Å².